The minimum atomic E-state index is -1.12. The summed E-state index contributed by atoms with van der Waals surface area (Å²) in [6.45, 7) is 3.13. The number of imide groups is 1. The van der Waals surface area contributed by atoms with E-state index in [0.29, 0.717) is 0 Å². The minimum Gasteiger partial charge on any atom is -0.481 e. The Morgan fingerprint density at radius 2 is 2.14 bits per heavy atom. The Balaban J connectivity index is 2.79. The lowest BCUT2D eigenvalue weighted by atomic mass is 9.85. The zero-order valence-corrected chi connectivity index (χ0v) is 7.96. The zero-order valence-electron chi connectivity index (χ0n) is 7.96. The number of nitrogens with one attached hydrogen (secondary N) is 2. The van der Waals surface area contributed by atoms with Crippen LogP contribution in [0.25, 0.3) is 0 Å². The third-order valence-electron chi connectivity index (χ3n) is 2.54. The summed E-state index contributed by atoms with van der Waals surface area (Å²) in [5, 5.41) is 13.1. The summed E-state index contributed by atoms with van der Waals surface area (Å²) in [4.78, 5) is 32.7. The largest absolute Gasteiger partial charge is 0.481 e. The molecule has 0 unspecified atom stereocenters. The fraction of sp³-hybridized carbons (Fsp3) is 0.625. The Morgan fingerprint density at radius 1 is 1.57 bits per heavy atom. The van der Waals surface area contributed by atoms with Gasteiger partial charge in [0.1, 0.15) is 5.54 Å². The highest BCUT2D eigenvalue weighted by Gasteiger charge is 2.46. The number of carboxylic acids is 1. The van der Waals surface area contributed by atoms with Gasteiger partial charge in [0.15, 0.2) is 0 Å². The van der Waals surface area contributed by atoms with Crippen molar-refractivity contribution in [3.05, 3.63) is 0 Å². The lowest BCUT2D eigenvalue weighted by Gasteiger charge is -2.26. The van der Waals surface area contributed by atoms with E-state index in [2.05, 4.69) is 10.6 Å². The quantitative estimate of drug-likeness (QED) is 0.545. The molecule has 78 valence electrons. The van der Waals surface area contributed by atoms with Crippen molar-refractivity contribution in [3.63, 3.8) is 0 Å². The molecular formula is C8H12N2O4. The second-order valence-corrected chi connectivity index (χ2v) is 3.61. The molecule has 6 nitrogen and oxygen atoms in total. The van der Waals surface area contributed by atoms with Crippen molar-refractivity contribution in [3.8, 4) is 0 Å². The fourth-order valence-corrected chi connectivity index (χ4v) is 1.37. The highest BCUT2D eigenvalue weighted by atomic mass is 16.4. The first-order valence-corrected chi connectivity index (χ1v) is 4.21. The second kappa shape index (κ2) is 3.28. The average molecular weight is 200 g/mol. The van der Waals surface area contributed by atoms with Crippen molar-refractivity contribution >= 4 is 17.9 Å². The summed E-state index contributed by atoms with van der Waals surface area (Å²) < 4.78 is 0. The van der Waals surface area contributed by atoms with Crippen LogP contribution in [0.2, 0.25) is 0 Å². The van der Waals surface area contributed by atoms with Crippen LogP contribution in [-0.4, -0.2) is 28.6 Å². The third kappa shape index (κ3) is 1.68. The molecule has 0 saturated carbocycles. The van der Waals surface area contributed by atoms with E-state index >= 15 is 0 Å². The van der Waals surface area contributed by atoms with E-state index in [-0.39, 0.29) is 6.42 Å². The van der Waals surface area contributed by atoms with E-state index in [1.807, 2.05) is 0 Å². The molecule has 1 heterocycles. The van der Waals surface area contributed by atoms with Gasteiger partial charge in [-0.1, -0.05) is 6.92 Å². The summed E-state index contributed by atoms with van der Waals surface area (Å²) in [5.41, 5.74) is -1.12. The van der Waals surface area contributed by atoms with Crippen LogP contribution >= 0.6 is 0 Å². The van der Waals surface area contributed by atoms with Crippen molar-refractivity contribution in [1.29, 1.82) is 0 Å². The molecule has 2 atom stereocenters. The summed E-state index contributed by atoms with van der Waals surface area (Å²) in [6, 6.07) is -0.574. The van der Waals surface area contributed by atoms with Crippen molar-refractivity contribution < 1.29 is 19.5 Å². The van der Waals surface area contributed by atoms with Crippen LogP contribution in [0.4, 0.5) is 4.79 Å². The van der Waals surface area contributed by atoms with Gasteiger partial charge in [0, 0.05) is 0 Å². The first-order valence-electron chi connectivity index (χ1n) is 4.21. The van der Waals surface area contributed by atoms with Gasteiger partial charge < -0.3 is 10.4 Å². The molecule has 0 aromatic rings. The highest BCUT2D eigenvalue weighted by Crippen LogP contribution is 2.23. The van der Waals surface area contributed by atoms with Gasteiger partial charge in [-0.05, 0) is 12.8 Å². The smallest absolute Gasteiger partial charge is 0.322 e. The monoisotopic (exact) mass is 200 g/mol. The Kier molecular flexibility index (Phi) is 2.46. The molecule has 3 N–H and O–H groups in total. The van der Waals surface area contributed by atoms with Crippen LogP contribution in [0.1, 0.15) is 20.3 Å². The van der Waals surface area contributed by atoms with E-state index < -0.39 is 29.4 Å². The van der Waals surface area contributed by atoms with E-state index in [4.69, 9.17) is 5.11 Å². The number of urea groups is 1. The number of carbonyl (C=O) groups is 3. The first kappa shape index (κ1) is 10.5. The Labute approximate surface area is 80.7 Å². The Morgan fingerprint density at radius 3 is 2.50 bits per heavy atom. The van der Waals surface area contributed by atoms with Crippen LogP contribution < -0.4 is 10.6 Å². The topological polar surface area (TPSA) is 95.5 Å². The van der Waals surface area contributed by atoms with Crippen molar-refractivity contribution in [2.45, 2.75) is 25.8 Å². The zero-order chi connectivity index (χ0) is 10.9. The first-order chi connectivity index (χ1) is 6.36. The number of carboxylic acid groups (broad SMARTS) is 1. The SMILES string of the molecule is C[C@@H](CC(=O)O)[C@]1(C)NC(=O)NC1=O. The molecule has 1 rings (SSSR count). The molecular weight excluding hydrogens is 188 g/mol. The Hall–Kier alpha value is -1.59. The third-order valence-corrected chi connectivity index (χ3v) is 2.54. The van der Waals surface area contributed by atoms with Crippen LogP contribution in [0.15, 0.2) is 0 Å². The molecule has 0 aromatic carbocycles. The van der Waals surface area contributed by atoms with Gasteiger partial charge in [-0.2, -0.15) is 0 Å². The number of hydrogen-bond acceptors (Lipinski definition) is 3. The number of amides is 3. The lowest BCUT2D eigenvalue weighted by molar-refractivity contribution is -0.139. The molecule has 3 amide bonds. The van der Waals surface area contributed by atoms with Gasteiger partial charge >= 0.3 is 12.0 Å². The highest BCUT2D eigenvalue weighted by molar-refractivity contribution is 6.07. The fourth-order valence-electron chi connectivity index (χ4n) is 1.37. The number of rotatable bonds is 3. The normalized spacial score (nSPS) is 28.1. The maximum Gasteiger partial charge on any atom is 0.322 e. The molecule has 0 radical (unpaired) electrons. The van der Waals surface area contributed by atoms with Crippen LogP contribution in [0.5, 0.6) is 0 Å². The molecule has 0 aromatic heterocycles. The van der Waals surface area contributed by atoms with Gasteiger partial charge in [0.05, 0.1) is 6.42 Å². The van der Waals surface area contributed by atoms with Crippen molar-refractivity contribution in [2.24, 2.45) is 5.92 Å². The van der Waals surface area contributed by atoms with Gasteiger partial charge in [0.25, 0.3) is 5.91 Å². The van der Waals surface area contributed by atoms with Crippen LogP contribution in [0, 0.1) is 5.92 Å². The predicted octanol–water partition coefficient (Wildman–Crippen LogP) is -0.305. The molecule has 0 spiro atoms. The van der Waals surface area contributed by atoms with E-state index in [1.54, 1.807) is 6.92 Å². The van der Waals surface area contributed by atoms with Crippen LogP contribution in [0.3, 0.4) is 0 Å². The molecule has 1 aliphatic rings. The summed E-state index contributed by atoms with van der Waals surface area (Å²) in [6.07, 6.45) is -0.163. The maximum atomic E-state index is 11.3. The molecule has 0 bridgehead atoms. The standard InChI is InChI=1S/C8H12N2O4/c1-4(3-5(11)12)8(2)6(13)9-7(14)10-8/h4H,3H2,1-2H3,(H,11,12)(H2,9,10,13,14)/t4-,8-/m0/s1. The van der Waals surface area contributed by atoms with E-state index in [1.165, 1.54) is 6.92 Å². The molecule has 14 heavy (non-hydrogen) atoms. The molecule has 0 aliphatic carbocycles. The Bertz CT molecular complexity index is 302. The van der Waals surface area contributed by atoms with Gasteiger partial charge in [-0.15, -0.1) is 0 Å². The van der Waals surface area contributed by atoms with Gasteiger partial charge in [-0.25, -0.2) is 4.79 Å². The van der Waals surface area contributed by atoms with Crippen molar-refractivity contribution in [1.82, 2.24) is 10.6 Å². The lowest BCUT2D eigenvalue weighted by Crippen LogP contribution is -2.49. The molecule has 6 heteroatoms. The molecule has 1 fully saturated rings. The average Bonchev–Trinajstić information content (AvgIpc) is 2.25. The van der Waals surface area contributed by atoms with Gasteiger partial charge in [0.2, 0.25) is 0 Å². The summed E-state index contributed by atoms with van der Waals surface area (Å²) in [5.74, 6) is -1.92. The maximum absolute atomic E-state index is 11.3. The van der Waals surface area contributed by atoms with Gasteiger partial charge in [-0.3, -0.25) is 14.9 Å². The minimum absolute atomic E-state index is 0.163. The van der Waals surface area contributed by atoms with E-state index in [9.17, 15) is 14.4 Å². The predicted molar refractivity (Wildman–Crippen MR) is 46.5 cm³/mol. The molecule has 1 aliphatic heterocycles. The second-order valence-electron chi connectivity index (χ2n) is 3.61. The number of carbonyl (C=O) groups excluding carboxylic acids is 2. The summed E-state index contributed by atoms with van der Waals surface area (Å²) >= 11 is 0. The summed E-state index contributed by atoms with van der Waals surface area (Å²) in [7, 11) is 0. The van der Waals surface area contributed by atoms with Crippen molar-refractivity contribution in [2.75, 3.05) is 0 Å². The van der Waals surface area contributed by atoms with Crippen LogP contribution in [-0.2, 0) is 9.59 Å². The molecule has 1 saturated heterocycles. The number of aliphatic carboxylic acids is 1. The number of hydrogen-bond donors (Lipinski definition) is 3. The van der Waals surface area contributed by atoms with E-state index in [0.717, 1.165) is 0 Å².